The van der Waals surface area contributed by atoms with Crippen LogP contribution in [0.15, 0.2) is 0 Å². The number of rotatable bonds is 9. The molecule has 7 nitrogen and oxygen atoms in total. The Labute approximate surface area is 148 Å². The third-order valence-electron chi connectivity index (χ3n) is 3.12. The molecule has 0 spiro atoms. The number of carboxylic acid groups (broad SMARTS) is 1. The van der Waals surface area contributed by atoms with Crippen LogP contribution in [0.4, 0.5) is 0 Å². The maximum Gasteiger partial charge on any atom is 0.326 e. The average molecular weight is 362 g/mol. The molecule has 0 saturated heterocycles. The number of amides is 3. The summed E-state index contributed by atoms with van der Waals surface area (Å²) in [5.41, 5.74) is 0. The van der Waals surface area contributed by atoms with Gasteiger partial charge in [-0.3, -0.25) is 19.3 Å². The number of imide groups is 1. The zero-order chi connectivity index (χ0) is 19.3. The molecule has 0 bridgehead atoms. The van der Waals surface area contributed by atoms with E-state index in [0.29, 0.717) is 18.6 Å². The van der Waals surface area contributed by atoms with Gasteiger partial charge in [0.25, 0.3) is 0 Å². The lowest BCUT2D eigenvalue weighted by Crippen LogP contribution is -2.40. The number of nitrogens with zero attached hydrogens (tertiary/aromatic N) is 2. The van der Waals surface area contributed by atoms with Gasteiger partial charge in [0, 0.05) is 26.3 Å². The van der Waals surface area contributed by atoms with Crippen LogP contribution in [0, 0.1) is 0 Å². The number of hydrogen-bond acceptors (Lipinski definition) is 5. The second kappa shape index (κ2) is 13.8. The molecule has 0 aliphatic heterocycles. The fraction of sp³-hybridized carbons (Fsp3) is 0.750. The highest BCUT2D eigenvalue weighted by Gasteiger charge is 2.23. The second-order valence-electron chi connectivity index (χ2n) is 5.30. The molecule has 0 fully saturated rings. The molecule has 1 N–H and O–H groups in total. The predicted octanol–water partition coefficient (Wildman–Crippen LogP) is 1.85. The zero-order valence-corrected chi connectivity index (χ0v) is 16.3. The molecule has 3 amide bonds. The predicted molar refractivity (Wildman–Crippen MR) is 95.8 cm³/mol. The summed E-state index contributed by atoms with van der Waals surface area (Å²) in [5, 5.41) is 8.45. The summed E-state index contributed by atoms with van der Waals surface area (Å²) in [4.78, 5) is 47.1. The van der Waals surface area contributed by atoms with Gasteiger partial charge in [0.15, 0.2) is 0 Å². The Kier molecular flexibility index (Phi) is 14.2. The van der Waals surface area contributed by atoms with Crippen LogP contribution in [0.25, 0.3) is 0 Å². The van der Waals surface area contributed by atoms with E-state index in [0.717, 1.165) is 4.90 Å². The number of carbonyl (C=O) groups excluding carboxylic acids is 3. The molecular formula is C16H30N2O5S. The minimum absolute atomic E-state index is 0.146. The van der Waals surface area contributed by atoms with Crippen LogP contribution >= 0.6 is 11.8 Å². The maximum atomic E-state index is 11.8. The first-order valence-corrected chi connectivity index (χ1v) is 9.04. The second-order valence-corrected chi connectivity index (χ2v) is 6.61. The molecular weight excluding hydrogens is 332 g/mol. The van der Waals surface area contributed by atoms with Gasteiger partial charge in [0.05, 0.1) is 5.25 Å². The number of hydrogen-bond donors (Lipinski definition) is 1. The number of aliphatic carboxylic acids is 1. The van der Waals surface area contributed by atoms with E-state index < -0.39 is 12.0 Å². The van der Waals surface area contributed by atoms with Crippen molar-refractivity contribution in [3.63, 3.8) is 0 Å². The first-order chi connectivity index (χ1) is 11.2. The molecule has 0 aliphatic carbocycles. The fourth-order valence-electron chi connectivity index (χ4n) is 1.49. The highest BCUT2D eigenvalue weighted by Crippen LogP contribution is 2.18. The third kappa shape index (κ3) is 9.54. The minimum atomic E-state index is -1.06. The van der Waals surface area contributed by atoms with Crippen LogP contribution in [0.1, 0.15) is 47.0 Å². The van der Waals surface area contributed by atoms with Crippen molar-refractivity contribution in [2.45, 2.75) is 58.2 Å². The average Bonchev–Trinajstić information content (AvgIpc) is 2.56. The Balaban J connectivity index is 0. The molecule has 0 saturated carbocycles. The molecule has 0 aromatic carbocycles. The van der Waals surface area contributed by atoms with Crippen molar-refractivity contribution in [2.75, 3.05) is 19.8 Å². The first-order valence-electron chi connectivity index (χ1n) is 7.99. The monoisotopic (exact) mass is 362 g/mol. The van der Waals surface area contributed by atoms with E-state index in [-0.39, 0.29) is 23.5 Å². The van der Waals surface area contributed by atoms with Gasteiger partial charge < -0.3 is 10.0 Å². The Morgan fingerprint density at radius 3 is 2.04 bits per heavy atom. The SMILES string of the molecule is CCC.CCC(SCCC(=O)N(C)C(C)C(=O)O)C(=O)N(C)C=O. The molecule has 8 heteroatoms. The van der Waals surface area contributed by atoms with Crippen LogP contribution < -0.4 is 0 Å². The minimum Gasteiger partial charge on any atom is -0.480 e. The van der Waals surface area contributed by atoms with Crippen molar-refractivity contribution >= 4 is 36.0 Å². The molecule has 2 unspecified atom stereocenters. The number of thioether (sulfide) groups is 1. The molecule has 0 aliphatic rings. The molecule has 24 heavy (non-hydrogen) atoms. The summed E-state index contributed by atoms with van der Waals surface area (Å²) in [6.45, 7) is 7.51. The molecule has 0 aromatic heterocycles. The third-order valence-corrected chi connectivity index (χ3v) is 4.50. The Morgan fingerprint density at radius 2 is 1.67 bits per heavy atom. The topological polar surface area (TPSA) is 95.0 Å². The largest absolute Gasteiger partial charge is 0.480 e. The lowest BCUT2D eigenvalue weighted by atomic mass is 10.3. The van der Waals surface area contributed by atoms with Gasteiger partial charge in [-0.2, -0.15) is 0 Å². The van der Waals surface area contributed by atoms with Gasteiger partial charge in [-0.15, -0.1) is 11.8 Å². The Hall–Kier alpha value is -1.57. The molecule has 0 rings (SSSR count). The molecule has 2 atom stereocenters. The number of likely N-dealkylation sites (N-methyl/N-ethyl adjacent to an activating group) is 1. The normalized spacial score (nSPS) is 12.2. The molecule has 0 radical (unpaired) electrons. The van der Waals surface area contributed by atoms with Crippen LogP contribution in [0.3, 0.4) is 0 Å². The summed E-state index contributed by atoms with van der Waals surface area (Å²) in [5.74, 6) is -1.25. The Morgan fingerprint density at radius 1 is 1.17 bits per heavy atom. The quantitative estimate of drug-likeness (QED) is 0.629. The van der Waals surface area contributed by atoms with Crippen LogP contribution in [-0.2, 0) is 19.2 Å². The zero-order valence-electron chi connectivity index (χ0n) is 15.4. The number of carboxylic acids is 1. The lowest BCUT2D eigenvalue weighted by Gasteiger charge is -2.22. The van der Waals surface area contributed by atoms with Crippen molar-refractivity contribution in [1.29, 1.82) is 0 Å². The summed E-state index contributed by atoms with van der Waals surface area (Å²) in [6, 6.07) is -0.882. The van der Waals surface area contributed by atoms with Gasteiger partial charge >= 0.3 is 5.97 Å². The van der Waals surface area contributed by atoms with E-state index in [1.54, 1.807) is 0 Å². The number of carbonyl (C=O) groups is 4. The first kappa shape index (κ1) is 24.7. The van der Waals surface area contributed by atoms with Gasteiger partial charge in [-0.05, 0) is 13.3 Å². The van der Waals surface area contributed by atoms with E-state index in [2.05, 4.69) is 13.8 Å². The molecule has 0 aromatic rings. The summed E-state index contributed by atoms with van der Waals surface area (Å²) >= 11 is 1.29. The van der Waals surface area contributed by atoms with Crippen LogP contribution in [0.5, 0.6) is 0 Å². The van der Waals surface area contributed by atoms with E-state index >= 15 is 0 Å². The summed E-state index contributed by atoms with van der Waals surface area (Å²) in [7, 11) is 2.83. The van der Waals surface area contributed by atoms with Crippen molar-refractivity contribution < 1.29 is 24.3 Å². The van der Waals surface area contributed by atoms with Crippen molar-refractivity contribution in [3.8, 4) is 0 Å². The van der Waals surface area contributed by atoms with Crippen LogP contribution in [0.2, 0.25) is 0 Å². The molecule has 140 valence electrons. The van der Waals surface area contributed by atoms with Crippen molar-refractivity contribution in [3.05, 3.63) is 0 Å². The van der Waals surface area contributed by atoms with E-state index in [9.17, 15) is 19.2 Å². The van der Waals surface area contributed by atoms with E-state index in [4.69, 9.17) is 5.11 Å². The summed E-state index contributed by atoms with van der Waals surface area (Å²) in [6.07, 6.45) is 2.41. The van der Waals surface area contributed by atoms with E-state index in [1.807, 2.05) is 6.92 Å². The summed E-state index contributed by atoms with van der Waals surface area (Å²) < 4.78 is 0. The maximum absolute atomic E-state index is 11.8. The van der Waals surface area contributed by atoms with Gasteiger partial charge in [0.1, 0.15) is 6.04 Å². The highest BCUT2D eigenvalue weighted by molar-refractivity contribution is 8.00. The van der Waals surface area contributed by atoms with Gasteiger partial charge in [-0.25, -0.2) is 4.79 Å². The van der Waals surface area contributed by atoms with Gasteiger partial charge in [0.2, 0.25) is 18.2 Å². The molecule has 0 heterocycles. The van der Waals surface area contributed by atoms with Crippen molar-refractivity contribution in [2.24, 2.45) is 0 Å². The Bertz CT molecular complexity index is 417. The van der Waals surface area contributed by atoms with E-state index in [1.165, 1.54) is 44.1 Å². The van der Waals surface area contributed by atoms with Crippen molar-refractivity contribution in [1.82, 2.24) is 9.80 Å². The van der Waals surface area contributed by atoms with Crippen LogP contribution in [-0.4, -0.2) is 70.2 Å². The van der Waals surface area contributed by atoms with Gasteiger partial charge in [-0.1, -0.05) is 27.2 Å². The standard InChI is InChI=1S/C13H22N2O5S.C3H8/c1-5-10(12(18)14(3)8-16)21-7-6-11(17)15(4)9(2)13(19)20;1-3-2/h8-10H,5-7H2,1-4H3,(H,19,20);3H2,1-2H3. The lowest BCUT2D eigenvalue weighted by molar-refractivity contribution is -0.148. The smallest absolute Gasteiger partial charge is 0.326 e. The fourth-order valence-corrected chi connectivity index (χ4v) is 2.61. The highest BCUT2D eigenvalue weighted by atomic mass is 32.2.